The molecule has 3 rings (SSSR count). The molecule has 0 aromatic heterocycles. The maximum absolute atomic E-state index is 11.8. The number of rotatable bonds is 0. The maximum atomic E-state index is 11.8. The summed E-state index contributed by atoms with van der Waals surface area (Å²) in [4.78, 5) is 11.8. The van der Waals surface area contributed by atoms with Crippen molar-refractivity contribution in [1.82, 2.24) is 0 Å². The summed E-state index contributed by atoms with van der Waals surface area (Å²) in [5, 5.41) is 0.955. The van der Waals surface area contributed by atoms with Gasteiger partial charge in [0.25, 0.3) is 0 Å². The van der Waals surface area contributed by atoms with E-state index in [4.69, 9.17) is 4.42 Å². The molecule has 1 aromatic rings. The summed E-state index contributed by atoms with van der Waals surface area (Å²) in [5.74, 6) is 0.656. The number of para-hydroxylation sites is 1. The predicted octanol–water partition coefficient (Wildman–Crippen LogP) is 3.21. The van der Waals surface area contributed by atoms with Crippen molar-refractivity contribution in [1.29, 1.82) is 0 Å². The fourth-order valence-corrected chi connectivity index (χ4v) is 1.93. The SMILES string of the molecule is Cc1cc2oc3ccccc3cc-2c(=O)c1. The van der Waals surface area contributed by atoms with Crippen LogP contribution in [0.3, 0.4) is 0 Å². The molecule has 0 fully saturated rings. The Hall–Kier alpha value is -2.09. The van der Waals surface area contributed by atoms with Crippen molar-refractivity contribution in [3.05, 3.63) is 58.3 Å². The Labute approximate surface area is 92.5 Å². The zero-order valence-electron chi connectivity index (χ0n) is 8.86. The van der Waals surface area contributed by atoms with Gasteiger partial charge in [-0.15, -0.1) is 0 Å². The molecule has 16 heavy (non-hydrogen) atoms. The van der Waals surface area contributed by atoms with E-state index in [9.17, 15) is 4.79 Å². The summed E-state index contributed by atoms with van der Waals surface area (Å²) < 4.78 is 5.71. The first-order chi connectivity index (χ1) is 7.74. The molecule has 2 aliphatic rings. The first-order valence-corrected chi connectivity index (χ1v) is 5.17. The molecule has 1 heterocycles. The van der Waals surface area contributed by atoms with Crippen molar-refractivity contribution in [3.63, 3.8) is 0 Å². The molecule has 0 N–H and O–H groups in total. The second-order valence-electron chi connectivity index (χ2n) is 3.96. The average molecular weight is 210 g/mol. The molecule has 0 saturated carbocycles. The molecular weight excluding hydrogens is 200 g/mol. The van der Waals surface area contributed by atoms with Gasteiger partial charge in [-0.2, -0.15) is 0 Å². The molecule has 1 aromatic carbocycles. The highest BCUT2D eigenvalue weighted by atomic mass is 16.3. The highest BCUT2D eigenvalue weighted by molar-refractivity contribution is 5.82. The van der Waals surface area contributed by atoms with Crippen LogP contribution < -0.4 is 5.43 Å². The Morgan fingerprint density at radius 2 is 1.88 bits per heavy atom. The Balaban J connectivity index is 2.52. The highest BCUT2D eigenvalue weighted by Gasteiger charge is 2.10. The normalized spacial score (nSPS) is 11.1. The minimum absolute atomic E-state index is 0.0181. The third-order valence-electron chi connectivity index (χ3n) is 2.69. The van der Waals surface area contributed by atoms with Crippen LogP contribution in [0.2, 0.25) is 0 Å². The fraction of sp³-hybridized carbons (Fsp3) is 0.0714. The third-order valence-corrected chi connectivity index (χ3v) is 2.69. The maximum Gasteiger partial charge on any atom is 0.189 e. The van der Waals surface area contributed by atoms with Gasteiger partial charge in [0.05, 0.1) is 5.56 Å². The van der Waals surface area contributed by atoms with Gasteiger partial charge in [0.1, 0.15) is 11.3 Å². The van der Waals surface area contributed by atoms with E-state index in [0.29, 0.717) is 11.3 Å². The monoisotopic (exact) mass is 210 g/mol. The topological polar surface area (TPSA) is 30.2 Å². The van der Waals surface area contributed by atoms with E-state index in [-0.39, 0.29) is 5.43 Å². The van der Waals surface area contributed by atoms with Gasteiger partial charge in [-0.25, -0.2) is 0 Å². The van der Waals surface area contributed by atoms with E-state index >= 15 is 0 Å². The standard InChI is InChI=1S/C14H10O2/c1-9-6-12(15)11-8-10-4-2-3-5-13(10)16-14(11)7-9/h2-8H,1H3. The first kappa shape index (κ1) is 9.16. The highest BCUT2D eigenvalue weighted by Crippen LogP contribution is 2.25. The molecule has 0 unspecified atom stereocenters. The molecule has 2 heteroatoms. The van der Waals surface area contributed by atoms with Crippen LogP contribution in [-0.2, 0) is 0 Å². The van der Waals surface area contributed by atoms with Gasteiger partial charge in [-0.05, 0) is 36.8 Å². The van der Waals surface area contributed by atoms with Crippen LogP contribution in [0, 0.1) is 6.92 Å². The van der Waals surface area contributed by atoms with Crippen molar-refractivity contribution in [2.75, 3.05) is 0 Å². The molecular formula is C14H10O2. The largest absolute Gasteiger partial charge is 0.456 e. The Bertz CT molecular complexity index is 695. The van der Waals surface area contributed by atoms with Crippen LogP contribution in [0.4, 0.5) is 0 Å². The van der Waals surface area contributed by atoms with Crippen LogP contribution in [0.5, 0.6) is 0 Å². The first-order valence-electron chi connectivity index (χ1n) is 5.17. The zero-order chi connectivity index (χ0) is 11.1. The van der Waals surface area contributed by atoms with Crippen LogP contribution >= 0.6 is 0 Å². The molecule has 0 spiro atoms. The fourth-order valence-electron chi connectivity index (χ4n) is 1.93. The predicted molar refractivity (Wildman–Crippen MR) is 63.8 cm³/mol. The lowest BCUT2D eigenvalue weighted by Gasteiger charge is -2.06. The average Bonchev–Trinajstić information content (AvgIpc) is 2.27. The Kier molecular flexibility index (Phi) is 1.83. The van der Waals surface area contributed by atoms with Gasteiger partial charge < -0.3 is 4.42 Å². The number of hydrogen-bond donors (Lipinski definition) is 0. The molecule has 1 aliphatic heterocycles. The third kappa shape index (κ3) is 1.31. The number of fused-ring (bicyclic) bond motifs is 2. The summed E-state index contributed by atoms with van der Waals surface area (Å²) in [5.41, 5.74) is 2.39. The van der Waals surface area contributed by atoms with Crippen LogP contribution in [0.15, 0.2) is 51.7 Å². The lowest BCUT2D eigenvalue weighted by Crippen LogP contribution is -2.04. The minimum atomic E-state index is 0.0181. The van der Waals surface area contributed by atoms with E-state index in [1.54, 1.807) is 6.07 Å². The van der Waals surface area contributed by atoms with Gasteiger partial charge in [-0.1, -0.05) is 18.2 Å². The van der Waals surface area contributed by atoms with Gasteiger partial charge >= 0.3 is 0 Å². The minimum Gasteiger partial charge on any atom is -0.456 e. The van der Waals surface area contributed by atoms with Gasteiger partial charge in [0.2, 0.25) is 0 Å². The van der Waals surface area contributed by atoms with Crippen molar-refractivity contribution in [3.8, 4) is 11.3 Å². The lowest BCUT2D eigenvalue weighted by molar-refractivity contribution is 0.618. The Morgan fingerprint density at radius 1 is 1.06 bits per heavy atom. The second-order valence-corrected chi connectivity index (χ2v) is 3.96. The van der Waals surface area contributed by atoms with Crippen molar-refractivity contribution >= 4 is 11.0 Å². The van der Waals surface area contributed by atoms with Gasteiger partial charge in [0, 0.05) is 5.39 Å². The molecule has 0 atom stereocenters. The number of hydrogen-bond acceptors (Lipinski definition) is 2. The summed E-state index contributed by atoms with van der Waals surface area (Å²) in [7, 11) is 0. The molecule has 2 nitrogen and oxygen atoms in total. The summed E-state index contributed by atoms with van der Waals surface area (Å²) in [6, 6.07) is 13.1. The van der Waals surface area contributed by atoms with E-state index in [1.807, 2.05) is 43.3 Å². The van der Waals surface area contributed by atoms with Crippen LogP contribution in [0.1, 0.15) is 5.56 Å². The summed E-state index contributed by atoms with van der Waals surface area (Å²) in [6.45, 7) is 1.89. The summed E-state index contributed by atoms with van der Waals surface area (Å²) >= 11 is 0. The van der Waals surface area contributed by atoms with Crippen molar-refractivity contribution in [2.24, 2.45) is 0 Å². The van der Waals surface area contributed by atoms with Gasteiger partial charge in [0.15, 0.2) is 5.43 Å². The van der Waals surface area contributed by atoms with E-state index in [0.717, 1.165) is 16.5 Å². The van der Waals surface area contributed by atoms with E-state index < -0.39 is 0 Å². The second kappa shape index (κ2) is 3.20. The quantitative estimate of drug-likeness (QED) is 0.533. The molecule has 1 aliphatic carbocycles. The van der Waals surface area contributed by atoms with Crippen LogP contribution in [0.25, 0.3) is 22.3 Å². The zero-order valence-corrected chi connectivity index (χ0v) is 8.86. The molecule has 0 amide bonds. The van der Waals surface area contributed by atoms with Crippen molar-refractivity contribution < 1.29 is 4.42 Å². The summed E-state index contributed by atoms with van der Waals surface area (Å²) in [6.07, 6.45) is 0. The number of benzene rings is 2. The van der Waals surface area contributed by atoms with Crippen molar-refractivity contribution in [2.45, 2.75) is 6.92 Å². The molecule has 78 valence electrons. The molecule has 0 saturated heterocycles. The lowest BCUT2D eigenvalue weighted by atomic mass is 10.1. The molecule has 0 bridgehead atoms. The Morgan fingerprint density at radius 3 is 2.75 bits per heavy atom. The smallest absolute Gasteiger partial charge is 0.189 e. The van der Waals surface area contributed by atoms with Crippen LogP contribution in [-0.4, -0.2) is 0 Å². The van der Waals surface area contributed by atoms with E-state index in [1.165, 1.54) is 0 Å². The molecule has 0 radical (unpaired) electrons. The van der Waals surface area contributed by atoms with E-state index in [2.05, 4.69) is 0 Å². The van der Waals surface area contributed by atoms with Gasteiger partial charge in [-0.3, -0.25) is 4.79 Å². The number of aryl methyl sites for hydroxylation is 1.